The van der Waals surface area contributed by atoms with Gasteiger partial charge in [0.2, 0.25) is 0 Å². The molecule has 2 heterocycles. The second kappa shape index (κ2) is 6.11. The summed E-state index contributed by atoms with van der Waals surface area (Å²) in [6, 6.07) is 13.4. The molecule has 23 heavy (non-hydrogen) atoms. The van der Waals surface area contributed by atoms with Crippen molar-refractivity contribution in [2.24, 2.45) is 4.99 Å². The molecule has 0 saturated heterocycles. The lowest BCUT2D eigenvalue weighted by atomic mass is 9.73. The van der Waals surface area contributed by atoms with E-state index in [2.05, 4.69) is 55.5 Å². The topological polar surface area (TPSA) is 25.2 Å². The molecule has 0 saturated carbocycles. The standard InChI is InChI=1S/C21H22N2/c1-15-6-2-3-7-16(15)10-11-17-14-20-18(8-4-12-22-20)19-9-5-13-23-21(17)19/h2-9,12-13,17-18,20H,10-11,14H2,1H3. The molecule has 3 atom stereocenters. The molecule has 1 aliphatic carbocycles. The molecule has 0 amide bonds. The number of rotatable bonds is 3. The molecule has 3 unspecified atom stereocenters. The van der Waals surface area contributed by atoms with Gasteiger partial charge in [0, 0.05) is 29.9 Å². The number of aryl methyl sites for hydroxylation is 2. The second-order valence-corrected chi connectivity index (χ2v) is 6.65. The summed E-state index contributed by atoms with van der Waals surface area (Å²) in [7, 11) is 0. The van der Waals surface area contributed by atoms with Gasteiger partial charge in [0.05, 0.1) is 6.04 Å². The molecule has 0 fully saturated rings. The number of aromatic nitrogens is 1. The summed E-state index contributed by atoms with van der Waals surface area (Å²) in [5.41, 5.74) is 5.52. The Kier molecular flexibility index (Phi) is 3.82. The van der Waals surface area contributed by atoms with E-state index in [1.54, 1.807) is 0 Å². The molecule has 0 bridgehead atoms. The quantitative estimate of drug-likeness (QED) is 0.813. The van der Waals surface area contributed by atoms with Crippen molar-refractivity contribution < 1.29 is 0 Å². The van der Waals surface area contributed by atoms with Gasteiger partial charge in [-0.2, -0.15) is 0 Å². The van der Waals surface area contributed by atoms with E-state index in [1.165, 1.54) is 22.4 Å². The van der Waals surface area contributed by atoms with Gasteiger partial charge in [-0.25, -0.2) is 0 Å². The summed E-state index contributed by atoms with van der Waals surface area (Å²) in [6.45, 7) is 2.20. The first-order valence-corrected chi connectivity index (χ1v) is 8.52. The number of dihydropyridines is 1. The largest absolute Gasteiger partial charge is 0.289 e. The van der Waals surface area contributed by atoms with E-state index in [0.717, 1.165) is 19.3 Å². The molecule has 1 aromatic carbocycles. The third kappa shape index (κ3) is 2.74. The average molecular weight is 302 g/mol. The van der Waals surface area contributed by atoms with E-state index in [0.29, 0.717) is 17.9 Å². The third-order valence-corrected chi connectivity index (χ3v) is 5.26. The molecular weight excluding hydrogens is 280 g/mol. The van der Waals surface area contributed by atoms with Crippen LogP contribution in [0.5, 0.6) is 0 Å². The van der Waals surface area contributed by atoms with Crippen LogP contribution < -0.4 is 0 Å². The van der Waals surface area contributed by atoms with Crippen molar-refractivity contribution >= 4 is 6.21 Å². The normalized spacial score (nSPS) is 25.0. The lowest BCUT2D eigenvalue weighted by Crippen LogP contribution is -2.28. The van der Waals surface area contributed by atoms with Crippen molar-refractivity contribution in [2.45, 2.75) is 44.1 Å². The van der Waals surface area contributed by atoms with Crippen LogP contribution in [0, 0.1) is 6.92 Å². The number of fused-ring (bicyclic) bond motifs is 3. The fourth-order valence-corrected chi connectivity index (χ4v) is 4.00. The highest BCUT2D eigenvalue weighted by atomic mass is 14.8. The Labute approximate surface area is 138 Å². The van der Waals surface area contributed by atoms with Crippen molar-refractivity contribution in [1.82, 2.24) is 4.98 Å². The van der Waals surface area contributed by atoms with Crippen molar-refractivity contribution in [3.8, 4) is 0 Å². The highest BCUT2D eigenvalue weighted by Gasteiger charge is 2.34. The van der Waals surface area contributed by atoms with Crippen LogP contribution in [0.15, 0.2) is 59.7 Å². The molecule has 2 aromatic rings. The van der Waals surface area contributed by atoms with E-state index in [9.17, 15) is 0 Å². The summed E-state index contributed by atoms with van der Waals surface area (Å²) in [5, 5.41) is 0. The van der Waals surface area contributed by atoms with Crippen LogP contribution in [-0.2, 0) is 6.42 Å². The first-order valence-electron chi connectivity index (χ1n) is 8.52. The molecule has 2 heteroatoms. The Hall–Kier alpha value is -2.22. The number of nitrogens with zero attached hydrogens (tertiary/aromatic N) is 2. The molecule has 0 N–H and O–H groups in total. The summed E-state index contributed by atoms with van der Waals surface area (Å²) in [6.07, 6.45) is 11.6. The highest BCUT2D eigenvalue weighted by molar-refractivity contribution is 5.73. The Morgan fingerprint density at radius 2 is 2.04 bits per heavy atom. The lowest BCUT2D eigenvalue weighted by Gasteiger charge is -2.35. The average Bonchev–Trinajstić information content (AvgIpc) is 2.61. The maximum atomic E-state index is 4.74. The minimum atomic E-state index is 0.388. The van der Waals surface area contributed by atoms with Gasteiger partial charge in [-0.1, -0.05) is 36.4 Å². The molecule has 1 aliphatic heterocycles. The van der Waals surface area contributed by atoms with Crippen LogP contribution in [0.4, 0.5) is 0 Å². The molecule has 0 spiro atoms. The second-order valence-electron chi connectivity index (χ2n) is 6.65. The number of aliphatic imine (C=N–C) groups is 1. The number of hydrogen-bond donors (Lipinski definition) is 0. The Morgan fingerprint density at radius 1 is 1.13 bits per heavy atom. The third-order valence-electron chi connectivity index (χ3n) is 5.26. The molecule has 116 valence electrons. The van der Waals surface area contributed by atoms with Gasteiger partial charge < -0.3 is 0 Å². The first-order chi connectivity index (χ1) is 11.3. The molecule has 4 rings (SSSR count). The number of allylic oxidation sites excluding steroid dienone is 1. The summed E-state index contributed by atoms with van der Waals surface area (Å²) < 4.78 is 0. The monoisotopic (exact) mass is 302 g/mol. The van der Waals surface area contributed by atoms with Crippen LogP contribution in [0.2, 0.25) is 0 Å². The number of benzene rings is 1. The minimum Gasteiger partial charge on any atom is -0.289 e. The highest BCUT2D eigenvalue weighted by Crippen LogP contribution is 2.42. The molecule has 0 radical (unpaired) electrons. The van der Waals surface area contributed by atoms with E-state index in [-0.39, 0.29) is 0 Å². The van der Waals surface area contributed by atoms with Gasteiger partial charge >= 0.3 is 0 Å². The van der Waals surface area contributed by atoms with Gasteiger partial charge in [0.1, 0.15) is 0 Å². The van der Waals surface area contributed by atoms with Crippen molar-refractivity contribution in [3.63, 3.8) is 0 Å². The molecule has 2 aliphatic rings. The van der Waals surface area contributed by atoms with E-state index in [1.807, 2.05) is 12.4 Å². The fraction of sp³-hybridized carbons (Fsp3) is 0.333. The predicted molar refractivity (Wildman–Crippen MR) is 95.3 cm³/mol. The zero-order valence-corrected chi connectivity index (χ0v) is 13.5. The van der Waals surface area contributed by atoms with Crippen LogP contribution in [0.1, 0.15) is 47.1 Å². The van der Waals surface area contributed by atoms with Crippen LogP contribution >= 0.6 is 0 Å². The SMILES string of the molecule is Cc1ccccc1CCC1CC2N=CC=CC2c2cccnc21. The van der Waals surface area contributed by atoms with Gasteiger partial charge in [0.15, 0.2) is 0 Å². The Morgan fingerprint density at radius 3 is 2.96 bits per heavy atom. The summed E-state index contributed by atoms with van der Waals surface area (Å²) in [4.78, 5) is 9.47. The van der Waals surface area contributed by atoms with Crippen LogP contribution in [0.25, 0.3) is 0 Å². The van der Waals surface area contributed by atoms with Crippen molar-refractivity contribution in [3.05, 3.63) is 77.1 Å². The number of pyridine rings is 1. The van der Waals surface area contributed by atoms with E-state index < -0.39 is 0 Å². The van der Waals surface area contributed by atoms with E-state index in [4.69, 9.17) is 9.98 Å². The number of hydrogen-bond acceptors (Lipinski definition) is 2. The van der Waals surface area contributed by atoms with Crippen molar-refractivity contribution in [1.29, 1.82) is 0 Å². The summed E-state index contributed by atoms with van der Waals surface area (Å²) in [5.74, 6) is 0.925. The fourth-order valence-electron chi connectivity index (χ4n) is 4.00. The Bertz CT molecular complexity index is 760. The smallest absolute Gasteiger partial charge is 0.0609 e. The predicted octanol–water partition coefficient (Wildman–Crippen LogP) is 4.60. The maximum Gasteiger partial charge on any atom is 0.0609 e. The zero-order valence-electron chi connectivity index (χ0n) is 13.5. The summed E-state index contributed by atoms with van der Waals surface area (Å²) >= 11 is 0. The maximum absolute atomic E-state index is 4.74. The van der Waals surface area contributed by atoms with Gasteiger partial charge in [0.25, 0.3) is 0 Å². The minimum absolute atomic E-state index is 0.388. The van der Waals surface area contributed by atoms with E-state index >= 15 is 0 Å². The van der Waals surface area contributed by atoms with Crippen LogP contribution in [0.3, 0.4) is 0 Å². The van der Waals surface area contributed by atoms with Gasteiger partial charge in [-0.15, -0.1) is 0 Å². The van der Waals surface area contributed by atoms with Crippen LogP contribution in [-0.4, -0.2) is 17.2 Å². The zero-order chi connectivity index (χ0) is 15.6. The lowest BCUT2D eigenvalue weighted by molar-refractivity contribution is 0.431. The Balaban J connectivity index is 1.60. The molecule has 2 nitrogen and oxygen atoms in total. The molecule has 1 aromatic heterocycles. The van der Waals surface area contributed by atoms with Gasteiger partial charge in [-0.3, -0.25) is 9.98 Å². The van der Waals surface area contributed by atoms with Crippen molar-refractivity contribution in [2.75, 3.05) is 0 Å². The van der Waals surface area contributed by atoms with Gasteiger partial charge in [-0.05, 0) is 55.0 Å². The molecular formula is C21H22N2. The first kappa shape index (κ1) is 14.4.